The van der Waals surface area contributed by atoms with Crippen LogP contribution in [0.25, 0.3) is 0 Å². The van der Waals surface area contributed by atoms with Crippen LogP contribution in [0.3, 0.4) is 0 Å². The number of nitrogens with zero attached hydrogens (tertiary/aromatic N) is 1. The van der Waals surface area contributed by atoms with Crippen molar-refractivity contribution < 1.29 is 54.9 Å². The lowest BCUT2D eigenvalue weighted by atomic mass is 9.43. The van der Waals surface area contributed by atoms with E-state index in [1.54, 1.807) is 31.2 Å². The summed E-state index contributed by atoms with van der Waals surface area (Å²) in [7, 11) is 2.98. The number of nitrogens with two attached hydrogens (primary N) is 2. The van der Waals surface area contributed by atoms with Crippen molar-refractivity contribution >= 4 is 45.1 Å². The molecule has 1 aromatic carbocycles. The number of carbonyl (C=O) groups excluding carboxylic acids is 3. The van der Waals surface area contributed by atoms with Gasteiger partial charge in [-0.05, 0) is 166 Å². The van der Waals surface area contributed by atoms with E-state index in [2.05, 4.69) is 54.0 Å². The summed E-state index contributed by atoms with van der Waals surface area (Å²) in [6, 6.07) is 7.34. The van der Waals surface area contributed by atoms with Crippen LogP contribution in [0.4, 0.5) is 0 Å². The van der Waals surface area contributed by atoms with Gasteiger partial charge in [-0.25, -0.2) is 0 Å². The fourth-order valence-electron chi connectivity index (χ4n) is 19.4. The van der Waals surface area contributed by atoms with Crippen molar-refractivity contribution in [2.24, 2.45) is 98.3 Å². The minimum Gasteiger partial charge on any atom is -0.508 e. The summed E-state index contributed by atoms with van der Waals surface area (Å²) in [6.45, 7) is 9.64. The van der Waals surface area contributed by atoms with Crippen molar-refractivity contribution in [3.05, 3.63) is 76.8 Å². The summed E-state index contributed by atoms with van der Waals surface area (Å²) >= 11 is 0. The Morgan fingerprint density at radius 1 is 0.940 bits per heavy atom. The van der Waals surface area contributed by atoms with Crippen molar-refractivity contribution in [1.82, 2.24) is 10.3 Å². The number of phenols is 1. The van der Waals surface area contributed by atoms with Crippen LogP contribution >= 0.6 is 21.6 Å². The van der Waals surface area contributed by atoms with Gasteiger partial charge >= 0.3 is 5.97 Å². The number of Topliss-reactive ketones (excluding diaryl/α,β-unsaturated/α-hetero) is 2. The lowest BCUT2D eigenvalue weighted by molar-refractivity contribution is -0.193. The number of aromatic hydroxyl groups is 1. The van der Waals surface area contributed by atoms with E-state index in [4.69, 9.17) is 16.2 Å². The summed E-state index contributed by atoms with van der Waals surface area (Å²) < 4.78 is 6.31. The summed E-state index contributed by atoms with van der Waals surface area (Å²) in [5.41, 5.74) is 9.46. The van der Waals surface area contributed by atoms with Gasteiger partial charge in [0.05, 0.1) is 47.7 Å². The van der Waals surface area contributed by atoms with Crippen molar-refractivity contribution in [1.29, 1.82) is 0 Å². The maximum atomic E-state index is 16.2. The number of aliphatic hydroxyl groups excluding tert-OH is 4. The molecule has 2 bridgehead atoms. The lowest BCUT2D eigenvalue weighted by Gasteiger charge is -2.63. The SMILES string of the molecule is CC[C@H]1OC(=O)[C@H](c2cc[nH]c2)[C@@H]1[C@@H]1C#CC[C@H]2C[C@@]3(O)C4=C5N[C@H](CO)C(=O)C[C@@H](c6ccc(O)cc6)CSSC[C@H]6[C@@H](O)[C@@H](O)C[C@@](C)([C@@H]6C5=O)[C@H]4CC[C@]3(CCN=C(N)N)[C@H]2[C@@](C)(O)[C@H](O)C[C@@H](C)[C@@H]2CC=C3CC[C@H](C)C[C@@H]3[C@@H]2C1. The summed E-state index contributed by atoms with van der Waals surface area (Å²) in [6.07, 6.45) is 8.59. The second-order valence-electron chi connectivity index (χ2n) is 27.8. The third-order valence-electron chi connectivity index (χ3n) is 23.3. The number of rotatable bonds is 8. The Balaban J connectivity index is 1.09. The van der Waals surface area contributed by atoms with Crippen LogP contribution in [0.2, 0.25) is 0 Å². The van der Waals surface area contributed by atoms with E-state index in [1.165, 1.54) is 27.2 Å². The first-order chi connectivity index (χ1) is 40.1. The lowest BCUT2D eigenvalue weighted by Crippen LogP contribution is -2.67. The number of fused-ring (bicyclic) bond motifs is 10. The monoisotopic (exact) mass is 1190 g/mol. The fraction of sp³-hybridized carbons (Fsp3) is 0.697. The number of nitrogens with one attached hydrogen (secondary N) is 2. The predicted octanol–water partition coefficient (Wildman–Crippen LogP) is 7.02. The van der Waals surface area contributed by atoms with E-state index in [1.807, 2.05) is 25.4 Å². The number of ketones is 2. The van der Waals surface area contributed by atoms with Gasteiger partial charge in [-0.3, -0.25) is 19.4 Å². The molecule has 2 saturated heterocycles. The number of aliphatic imine (C=N–C) groups is 1. The van der Waals surface area contributed by atoms with Crippen LogP contribution in [0.1, 0.15) is 147 Å². The summed E-state index contributed by atoms with van der Waals surface area (Å²) in [4.78, 5) is 53.0. The molecule has 2 aliphatic heterocycles. The smallest absolute Gasteiger partial charge is 0.314 e. The molecule has 9 aliphatic rings. The van der Waals surface area contributed by atoms with Gasteiger partial charge in [-0.2, -0.15) is 0 Å². The number of benzene rings is 1. The molecule has 4 saturated carbocycles. The minimum atomic E-state index is -1.97. The number of aliphatic hydroxyl groups is 6. The zero-order valence-electron chi connectivity index (χ0n) is 49.5. The molecule has 16 nitrogen and oxygen atoms in total. The quantitative estimate of drug-likeness (QED) is 0.0316. The number of aromatic amines is 1. The van der Waals surface area contributed by atoms with Crippen molar-refractivity contribution in [2.45, 2.75) is 178 Å². The molecular weight excluding hydrogens is 1100 g/mol. The number of ether oxygens (including phenoxy) is 1. The molecule has 0 amide bonds. The molecule has 18 heteroatoms. The Morgan fingerprint density at radius 3 is 2.42 bits per heavy atom. The molecule has 0 unspecified atom stereocenters. The molecule has 23 atom stereocenters. The molecule has 0 spiro atoms. The van der Waals surface area contributed by atoms with Crippen LogP contribution in [-0.4, -0.2) is 131 Å². The van der Waals surface area contributed by atoms with Gasteiger partial charge < -0.3 is 62.3 Å². The highest BCUT2D eigenvalue weighted by Crippen LogP contribution is 2.73. The number of esters is 1. The second kappa shape index (κ2) is 24.0. The van der Waals surface area contributed by atoms with Crippen LogP contribution in [0.15, 0.2) is 70.6 Å². The second-order valence-corrected chi connectivity index (χ2v) is 30.4. The van der Waals surface area contributed by atoms with Crippen molar-refractivity contribution in [2.75, 3.05) is 24.7 Å². The van der Waals surface area contributed by atoms with Crippen LogP contribution in [0, 0.1) is 93.7 Å². The maximum absolute atomic E-state index is 16.2. The van der Waals surface area contributed by atoms with Gasteiger partial charge in [0.2, 0.25) is 0 Å². The topological polar surface area (TPSA) is 294 Å². The highest BCUT2D eigenvalue weighted by molar-refractivity contribution is 8.76. The molecule has 6 fully saturated rings. The highest BCUT2D eigenvalue weighted by atomic mass is 33.1. The van der Waals surface area contributed by atoms with E-state index >= 15 is 4.79 Å². The number of hydrogen-bond donors (Lipinski definition) is 11. The van der Waals surface area contributed by atoms with Crippen LogP contribution < -0.4 is 16.8 Å². The number of cyclic esters (lactones) is 1. The van der Waals surface area contributed by atoms with Gasteiger partial charge in [0, 0.05) is 84.2 Å². The standard InChI is InChI=1S/C66H91N5O11S2/c1-6-51-53(54(61(79)82-51)40-19-22-69-30-40)38-8-7-9-39-28-66(81)56-47(18-20-65(66,21-23-70-62(67)68)60(39)64(5,80)52(76)25-35(3)43-17-14-37-11-10-34(2)24-44(37)45(43)26-38)63(4)29-50(75)58(77)46-33-84-83-32-41(36-12-15-42(73)16-13-36)27-49(74)48(31-72)71-57(56)59(78)55(46)63/h12-16,19,22,30,34-35,38-39,41,43-48,50-55,58,60,69,71-73,75-77,80-81H,6,9-11,17-18,20-21,23-29,31-33H2,1-5H3,(H4,67,68,70)/t34-,35+,38+,39-,41+,43-,44-,45+,46+,47-,48+,50-,51+,52+,53+,54+,55-,58+,60+,63+,64-,65-,66+/m0/s1. The Labute approximate surface area is 503 Å². The summed E-state index contributed by atoms with van der Waals surface area (Å²) in [5.74, 6) is 3.05. The number of guanidine groups is 1. The Morgan fingerprint density at radius 2 is 1.70 bits per heavy atom. The molecule has 13 N–H and O–H groups in total. The highest BCUT2D eigenvalue weighted by Gasteiger charge is 2.75. The third kappa shape index (κ3) is 10.6. The number of aromatic nitrogens is 1. The average Bonchev–Trinajstić information content (AvgIpc) is 1.38. The average molecular weight is 1190 g/mol. The number of carbonyl (C=O) groups is 3. The number of hydrogen-bond acceptors (Lipinski definition) is 15. The van der Waals surface area contributed by atoms with E-state index in [0.29, 0.717) is 48.2 Å². The van der Waals surface area contributed by atoms with Crippen molar-refractivity contribution in [3.63, 3.8) is 0 Å². The van der Waals surface area contributed by atoms with Gasteiger partial charge in [0.15, 0.2) is 17.5 Å². The van der Waals surface area contributed by atoms with Crippen LogP contribution in [0.5, 0.6) is 5.75 Å². The first kappa shape index (κ1) is 61.3. The first-order valence-corrected chi connectivity index (χ1v) is 33.8. The molecular formula is C66H91N5O11S2. The fourth-order valence-corrected chi connectivity index (χ4v) is 22.2. The Bertz CT molecular complexity index is 2940. The van der Waals surface area contributed by atoms with Gasteiger partial charge in [-0.15, -0.1) is 5.92 Å². The Kier molecular flexibility index (Phi) is 17.5. The number of H-pyrrole nitrogens is 1. The predicted molar refractivity (Wildman–Crippen MR) is 324 cm³/mol. The van der Waals surface area contributed by atoms with E-state index in [-0.39, 0.29) is 122 Å². The molecule has 458 valence electrons. The van der Waals surface area contributed by atoms with Crippen LogP contribution in [-0.2, 0) is 19.1 Å². The minimum absolute atomic E-state index is 0.00355. The molecule has 2 aromatic rings. The van der Waals surface area contributed by atoms with E-state index in [9.17, 15) is 45.3 Å². The molecule has 11 rings (SSSR count). The molecule has 3 heterocycles. The third-order valence-corrected chi connectivity index (χ3v) is 25.8. The maximum Gasteiger partial charge on any atom is 0.314 e. The molecule has 84 heavy (non-hydrogen) atoms. The zero-order valence-corrected chi connectivity index (χ0v) is 51.1. The first-order valence-electron chi connectivity index (χ1n) is 31.3. The Hall–Kier alpha value is -4.32. The number of phenolic OH excluding ortho intramolecular Hbond substituents is 1. The van der Waals surface area contributed by atoms with Gasteiger partial charge in [0.25, 0.3) is 0 Å². The molecule has 1 aromatic heterocycles. The largest absolute Gasteiger partial charge is 0.508 e. The van der Waals surface area contributed by atoms with Gasteiger partial charge in [0.1, 0.15) is 17.9 Å². The van der Waals surface area contributed by atoms with E-state index < -0.39 is 94.3 Å². The normalized spacial score (nSPS) is 44.3. The number of allylic oxidation sites excluding steroid dienone is 3. The molecule has 7 aliphatic carbocycles. The van der Waals surface area contributed by atoms with E-state index in [0.717, 1.165) is 36.8 Å². The molecule has 0 radical (unpaired) electrons. The van der Waals surface area contributed by atoms with Crippen molar-refractivity contribution in [3.8, 4) is 17.6 Å². The summed E-state index contributed by atoms with van der Waals surface area (Å²) in [5, 5.41) is 90.8. The zero-order chi connectivity index (χ0) is 59.8. The van der Waals surface area contributed by atoms with Gasteiger partial charge in [-0.1, -0.05) is 79.0 Å².